The number of methoxy groups -OCH3 is 1. The predicted molar refractivity (Wildman–Crippen MR) is 122 cm³/mol. The van der Waals surface area contributed by atoms with E-state index in [0.29, 0.717) is 17.7 Å². The lowest BCUT2D eigenvalue weighted by Gasteiger charge is -2.23. The van der Waals surface area contributed by atoms with Gasteiger partial charge in [0.2, 0.25) is 0 Å². The van der Waals surface area contributed by atoms with Crippen LogP contribution in [0.1, 0.15) is 54.6 Å². The first-order chi connectivity index (χ1) is 15.0. The standard InChI is InChI=1S/C26H30O5/c1-18(2)7-13-22-24(29-3)16-14-21(26(22)28)23(27)15-10-19-8-11-20(12-9-19)31-25-6-4-5-17-30-25/h7-12,14-16,25,28H,4-6,13,17H2,1-3H3/b15-10+. The first-order valence-electron chi connectivity index (χ1n) is 10.6. The number of hydrogen-bond donors (Lipinski definition) is 1. The molecule has 0 radical (unpaired) electrons. The lowest BCUT2D eigenvalue weighted by molar-refractivity contribution is -0.105. The Hall–Kier alpha value is -3.05. The van der Waals surface area contributed by atoms with Crippen molar-refractivity contribution in [3.63, 3.8) is 0 Å². The van der Waals surface area contributed by atoms with Crippen LogP contribution in [0.25, 0.3) is 6.08 Å². The number of ketones is 1. The number of allylic oxidation sites excluding steroid dienone is 3. The van der Waals surface area contributed by atoms with Gasteiger partial charge in [0.1, 0.15) is 17.2 Å². The van der Waals surface area contributed by atoms with Crippen LogP contribution in [-0.2, 0) is 11.2 Å². The quantitative estimate of drug-likeness (QED) is 0.335. The molecular weight excluding hydrogens is 392 g/mol. The Labute approximate surface area is 184 Å². The molecule has 164 valence electrons. The Balaban J connectivity index is 1.70. The van der Waals surface area contributed by atoms with Gasteiger partial charge in [0.05, 0.1) is 19.3 Å². The van der Waals surface area contributed by atoms with Crippen LogP contribution in [0, 0.1) is 0 Å². The lowest BCUT2D eigenvalue weighted by atomic mass is 10.0. The molecule has 0 bridgehead atoms. The lowest BCUT2D eigenvalue weighted by Crippen LogP contribution is -2.24. The van der Waals surface area contributed by atoms with E-state index in [4.69, 9.17) is 14.2 Å². The van der Waals surface area contributed by atoms with Crippen molar-refractivity contribution in [1.82, 2.24) is 0 Å². The third kappa shape index (κ3) is 6.22. The van der Waals surface area contributed by atoms with Crippen molar-refractivity contribution in [2.75, 3.05) is 13.7 Å². The monoisotopic (exact) mass is 422 g/mol. The maximum absolute atomic E-state index is 12.7. The zero-order valence-corrected chi connectivity index (χ0v) is 18.4. The van der Waals surface area contributed by atoms with Gasteiger partial charge in [-0.15, -0.1) is 0 Å². The van der Waals surface area contributed by atoms with Crippen molar-refractivity contribution < 1.29 is 24.1 Å². The van der Waals surface area contributed by atoms with Gasteiger partial charge in [-0.2, -0.15) is 0 Å². The van der Waals surface area contributed by atoms with Gasteiger partial charge < -0.3 is 19.3 Å². The molecule has 5 heteroatoms. The van der Waals surface area contributed by atoms with Crippen LogP contribution in [0.15, 0.2) is 54.1 Å². The minimum atomic E-state index is -0.269. The summed E-state index contributed by atoms with van der Waals surface area (Å²) in [7, 11) is 1.55. The highest BCUT2D eigenvalue weighted by atomic mass is 16.7. The van der Waals surface area contributed by atoms with Gasteiger partial charge in [-0.25, -0.2) is 0 Å². The van der Waals surface area contributed by atoms with Crippen molar-refractivity contribution in [3.05, 3.63) is 70.8 Å². The molecule has 1 heterocycles. The highest BCUT2D eigenvalue weighted by molar-refractivity contribution is 6.09. The van der Waals surface area contributed by atoms with Crippen molar-refractivity contribution in [2.24, 2.45) is 0 Å². The Morgan fingerprint density at radius 3 is 2.58 bits per heavy atom. The fourth-order valence-corrected chi connectivity index (χ4v) is 3.39. The van der Waals surface area contributed by atoms with E-state index >= 15 is 0 Å². The van der Waals surface area contributed by atoms with Crippen LogP contribution in [0.2, 0.25) is 0 Å². The Morgan fingerprint density at radius 1 is 1.16 bits per heavy atom. The maximum atomic E-state index is 12.7. The van der Waals surface area contributed by atoms with Gasteiger partial charge in [-0.3, -0.25) is 4.79 Å². The average molecular weight is 423 g/mol. The van der Waals surface area contributed by atoms with E-state index in [0.717, 1.165) is 42.8 Å². The fraction of sp³-hybridized carbons (Fsp3) is 0.346. The number of hydrogen-bond acceptors (Lipinski definition) is 5. The Morgan fingerprint density at radius 2 is 1.94 bits per heavy atom. The first kappa shape index (κ1) is 22.6. The molecule has 1 N–H and O–H groups in total. The van der Waals surface area contributed by atoms with Gasteiger partial charge >= 0.3 is 0 Å². The van der Waals surface area contributed by atoms with Crippen molar-refractivity contribution in [1.29, 1.82) is 0 Å². The smallest absolute Gasteiger partial charge is 0.199 e. The summed E-state index contributed by atoms with van der Waals surface area (Å²) in [4.78, 5) is 12.7. The average Bonchev–Trinajstić information content (AvgIpc) is 2.78. The fourth-order valence-electron chi connectivity index (χ4n) is 3.39. The Bertz CT molecular complexity index is 947. The molecule has 5 nitrogen and oxygen atoms in total. The molecule has 2 aromatic carbocycles. The molecule has 0 spiro atoms. The van der Waals surface area contributed by atoms with E-state index in [1.165, 1.54) is 6.08 Å². The maximum Gasteiger partial charge on any atom is 0.199 e. The number of phenolic OH excluding ortho intramolecular Hbond substituents is 1. The molecular formula is C26H30O5. The zero-order chi connectivity index (χ0) is 22.2. The van der Waals surface area contributed by atoms with Crippen molar-refractivity contribution in [2.45, 2.75) is 45.8 Å². The zero-order valence-electron chi connectivity index (χ0n) is 18.4. The van der Waals surface area contributed by atoms with Gasteiger partial charge in [0.15, 0.2) is 12.1 Å². The van der Waals surface area contributed by atoms with Crippen LogP contribution < -0.4 is 9.47 Å². The summed E-state index contributed by atoms with van der Waals surface area (Å²) >= 11 is 0. The summed E-state index contributed by atoms with van der Waals surface area (Å²) in [5.74, 6) is 0.998. The minimum absolute atomic E-state index is 0.0391. The molecule has 1 aliphatic rings. The summed E-state index contributed by atoms with van der Waals surface area (Å²) in [6.07, 6.45) is 8.58. The minimum Gasteiger partial charge on any atom is -0.507 e. The van der Waals surface area contributed by atoms with Gasteiger partial charge in [-0.1, -0.05) is 29.9 Å². The largest absolute Gasteiger partial charge is 0.507 e. The van der Waals surface area contributed by atoms with E-state index in [1.807, 2.05) is 44.2 Å². The highest BCUT2D eigenvalue weighted by Crippen LogP contribution is 2.33. The molecule has 1 atom stereocenters. The number of aromatic hydroxyl groups is 1. The molecule has 2 aromatic rings. The van der Waals surface area contributed by atoms with E-state index in [2.05, 4.69) is 0 Å². The van der Waals surface area contributed by atoms with E-state index in [1.54, 1.807) is 25.3 Å². The van der Waals surface area contributed by atoms with Crippen LogP contribution in [0.4, 0.5) is 0 Å². The number of ether oxygens (including phenoxy) is 3. The van der Waals surface area contributed by atoms with E-state index in [-0.39, 0.29) is 23.4 Å². The molecule has 3 rings (SSSR count). The van der Waals surface area contributed by atoms with Crippen LogP contribution in [0.5, 0.6) is 17.2 Å². The predicted octanol–water partition coefficient (Wildman–Crippen LogP) is 5.71. The number of rotatable bonds is 8. The molecule has 31 heavy (non-hydrogen) atoms. The first-order valence-corrected chi connectivity index (χ1v) is 10.6. The van der Waals surface area contributed by atoms with Gasteiger partial charge in [0.25, 0.3) is 0 Å². The van der Waals surface area contributed by atoms with E-state index < -0.39 is 0 Å². The number of carbonyl (C=O) groups is 1. The highest BCUT2D eigenvalue weighted by Gasteiger charge is 2.17. The summed E-state index contributed by atoms with van der Waals surface area (Å²) in [6, 6.07) is 10.8. The Kier molecular flexibility index (Phi) is 7.90. The normalized spacial score (nSPS) is 16.2. The number of phenols is 1. The molecule has 0 amide bonds. The van der Waals surface area contributed by atoms with Crippen LogP contribution in [0.3, 0.4) is 0 Å². The second-order valence-electron chi connectivity index (χ2n) is 7.81. The molecule has 0 aromatic heterocycles. The van der Waals surface area contributed by atoms with Crippen LogP contribution >= 0.6 is 0 Å². The SMILES string of the molecule is COc1ccc(C(=O)/C=C/c2ccc(OC3CCCCO3)cc2)c(O)c1CC=C(C)C. The second kappa shape index (κ2) is 10.8. The summed E-state index contributed by atoms with van der Waals surface area (Å²) in [6.45, 7) is 4.71. The van der Waals surface area contributed by atoms with Gasteiger partial charge in [-0.05, 0) is 69.0 Å². The summed E-state index contributed by atoms with van der Waals surface area (Å²) in [5.41, 5.74) is 2.85. The molecule has 0 aliphatic carbocycles. The van der Waals surface area contributed by atoms with E-state index in [9.17, 15) is 9.90 Å². The van der Waals surface area contributed by atoms with Crippen molar-refractivity contribution in [3.8, 4) is 17.2 Å². The number of carbonyl (C=O) groups excluding carboxylic acids is 1. The molecule has 1 fully saturated rings. The van der Waals surface area contributed by atoms with Gasteiger partial charge in [0, 0.05) is 12.0 Å². The topological polar surface area (TPSA) is 65.0 Å². The summed E-state index contributed by atoms with van der Waals surface area (Å²) < 4.78 is 16.8. The third-order valence-corrected chi connectivity index (χ3v) is 5.15. The summed E-state index contributed by atoms with van der Waals surface area (Å²) in [5, 5.41) is 10.7. The number of benzene rings is 2. The molecule has 0 saturated carbocycles. The van der Waals surface area contributed by atoms with Crippen molar-refractivity contribution >= 4 is 11.9 Å². The molecule has 1 unspecified atom stereocenters. The third-order valence-electron chi connectivity index (χ3n) is 5.15. The van der Waals surface area contributed by atoms with Crippen LogP contribution in [-0.4, -0.2) is 30.9 Å². The molecule has 1 aliphatic heterocycles. The molecule has 1 saturated heterocycles. The second-order valence-corrected chi connectivity index (χ2v) is 7.81.